The van der Waals surface area contributed by atoms with E-state index in [1.807, 2.05) is 18.2 Å². The van der Waals surface area contributed by atoms with E-state index in [9.17, 15) is 4.79 Å². The Morgan fingerprint density at radius 2 is 2.06 bits per heavy atom. The van der Waals surface area contributed by atoms with Crippen molar-refractivity contribution in [1.82, 2.24) is 0 Å². The zero-order valence-corrected chi connectivity index (χ0v) is 12.5. The van der Waals surface area contributed by atoms with Crippen LogP contribution in [0, 0.1) is 5.41 Å². The highest BCUT2D eigenvalue weighted by molar-refractivity contribution is 9.12. The number of allylic oxidation sites excluding steroid dienone is 4. The summed E-state index contributed by atoms with van der Waals surface area (Å²) in [6.45, 7) is 4.27. The van der Waals surface area contributed by atoms with E-state index in [2.05, 4.69) is 44.9 Å². The monoisotopic (exact) mass is 348 g/mol. The van der Waals surface area contributed by atoms with Gasteiger partial charge in [0.15, 0.2) is 0 Å². The second-order valence-corrected chi connectivity index (χ2v) is 5.20. The molecule has 1 aliphatic rings. The minimum atomic E-state index is -0.297. The molecule has 0 spiro atoms. The first kappa shape index (κ1) is 13.7. The summed E-state index contributed by atoms with van der Waals surface area (Å²) in [5, 5.41) is 0.809. The number of esters is 1. The largest absolute Gasteiger partial charge is 0.462 e. The van der Waals surface area contributed by atoms with Crippen LogP contribution in [0.1, 0.15) is 13.8 Å². The Morgan fingerprint density at radius 3 is 2.62 bits per heavy atom. The number of ether oxygens (including phenoxy) is 1. The average Bonchev–Trinajstić information content (AvgIpc) is 2.41. The van der Waals surface area contributed by atoms with Crippen molar-refractivity contribution in [3.63, 3.8) is 0 Å². The summed E-state index contributed by atoms with van der Waals surface area (Å²) in [4.78, 5) is 11.7. The lowest BCUT2D eigenvalue weighted by molar-refractivity contribution is -0.138. The van der Waals surface area contributed by atoms with Gasteiger partial charge >= 0.3 is 5.97 Å². The van der Waals surface area contributed by atoms with Crippen LogP contribution in [0.5, 0.6) is 0 Å². The molecule has 1 aliphatic carbocycles. The molecule has 0 aromatic carbocycles. The van der Waals surface area contributed by atoms with E-state index in [4.69, 9.17) is 4.74 Å². The smallest absolute Gasteiger partial charge is 0.339 e. The molecule has 16 heavy (non-hydrogen) atoms. The standard InChI is InChI=1S/C12H14Br2O2/c1-3-16-11(15)9-4-6-12(2,8-13)7-5-10(9)14/h4-7H,3,8H2,1-2H3. The van der Waals surface area contributed by atoms with Crippen LogP contribution in [-0.2, 0) is 9.53 Å². The van der Waals surface area contributed by atoms with Crippen molar-refractivity contribution in [2.45, 2.75) is 13.8 Å². The molecule has 0 radical (unpaired) electrons. The second kappa shape index (κ2) is 5.82. The number of carbonyl (C=O) groups excluding carboxylic acids is 1. The molecule has 1 atom stereocenters. The molecule has 0 heterocycles. The molecule has 0 saturated heterocycles. The zero-order chi connectivity index (χ0) is 12.2. The Hall–Kier alpha value is -0.350. The molecular weight excluding hydrogens is 336 g/mol. The summed E-state index contributed by atoms with van der Waals surface area (Å²) in [5.41, 5.74) is 0.482. The quantitative estimate of drug-likeness (QED) is 0.573. The molecule has 1 rings (SSSR count). The molecule has 88 valence electrons. The van der Waals surface area contributed by atoms with Crippen LogP contribution in [0.15, 0.2) is 34.4 Å². The fourth-order valence-corrected chi connectivity index (χ4v) is 2.03. The number of hydrogen-bond acceptors (Lipinski definition) is 2. The molecule has 0 bridgehead atoms. The molecule has 0 aromatic heterocycles. The van der Waals surface area contributed by atoms with E-state index in [-0.39, 0.29) is 11.4 Å². The summed E-state index contributed by atoms with van der Waals surface area (Å²) < 4.78 is 5.74. The Kier molecular flexibility index (Phi) is 4.99. The first-order valence-corrected chi connectivity index (χ1v) is 6.95. The molecule has 1 unspecified atom stereocenters. The van der Waals surface area contributed by atoms with Crippen molar-refractivity contribution < 1.29 is 9.53 Å². The van der Waals surface area contributed by atoms with E-state index >= 15 is 0 Å². The highest BCUT2D eigenvalue weighted by atomic mass is 79.9. The van der Waals surface area contributed by atoms with E-state index in [1.54, 1.807) is 6.92 Å². The van der Waals surface area contributed by atoms with E-state index < -0.39 is 0 Å². The van der Waals surface area contributed by atoms with Gasteiger partial charge in [-0.2, -0.15) is 0 Å². The van der Waals surface area contributed by atoms with E-state index in [1.165, 1.54) is 0 Å². The van der Waals surface area contributed by atoms with Gasteiger partial charge in [0.1, 0.15) is 0 Å². The number of halogens is 2. The maximum atomic E-state index is 11.7. The third-order valence-corrected chi connectivity index (χ3v) is 4.18. The van der Waals surface area contributed by atoms with Crippen molar-refractivity contribution in [2.24, 2.45) is 5.41 Å². The summed E-state index contributed by atoms with van der Waals surface area (Å²) >= 11 is 6.84. The summed E-state index contributed by atoms with van der Waals surface area (Å²) in [5.74, 6) is -0.297. The third-order valence-electron chi connectivity index (χ3n) is 2.28. The molecule has 0 fully saturated rings. The van der Waals surface area contributed by atoms with Crippen LogP contribution in [-0.4, -0.2) is 17.9 Å². The maximum absolute atomic E-state index is 11.7. The van der Waals surface area contributed by atoms with Gasteiger partial charge in [0.25, 0.3) is 0 Å². The van der Waals surface area contributed by atoms with Crippen LogP contribution in [0.25, 0.3) is 0 Å². The van der Waals surface area contributed by atoms with Gasteiger partial charge in [0, 0.05) is 15.2 Å². The second-order valence-electron chi connectivity index (χ2n) is 3.79. The number of rotatable bonds is 3. The zero-order valence-electron chi connectivity index (χ0n) is 9.30. The third kappa shape index (κ3) is 3.32. The van der Waals surface area contributed by atoms with Gasteiger partial charge in [-0.1, -0.05) is 41.1 Å². The highest BCUT2D eigenvalue weighted by Crippen LogP contribution is 2.30. The Bertz CT molecular complexity index is 369. The number of carbonyl (C=O) groups is 1. The van der Waals surface area contributed by atoms with Crippen LogP contribution in [0.3, 0.4) is 0 Å². The van der Waals surface area contributed by atoms with Gasteiger partial charge in [-0.05, 0) is 28.9 Å². The fraction of sp³-hybridized carbons (Fsp3) is 0.417. The molecule has 0 aliphatic heterocycles. The van der Waals surface area contributed by atoms with Crippen LogP contribution in [0.4, 0.5) is 0 Å². The van der Waals surface area contributed by atoms with Gasteiger partial charge in [0.05, 0.1) is 12.2 Å². The number of alkyl halides is 1. The minimum Gasteiger partial charge on any atom is -0.462 e. The van der Waals surface area contributed by atoms with Crippen molar-refractivity contribution in [2.75, 3.05) is 11.9 Å². The molecule has 0 amide bonds. The molecule has 0 aromatic rings. The maximum Gasteiger partial charge on any atom is 0.339 e. The lowest BCUT2D eigenvalue weighted by Crippen LogP contribution is -2.11. The average molecular weight is 350 g/mol. The predicted octanol–water partition coefficient (Wildman–Crippen LogP) is 3.73. The lowest BCUT2D eigenvalue weighted by Gasteiger charge is -2.16. The van der Waals surface area contributed by atoms with Crippen molar-refractivity contribution >= 4 is 37.8 Å². The first-order chi connectivity index (χ1) is 7.52. The van der Waals surface area contributed by atoms with Crippen molar-refractivity contribution in [3.8, 4) is 0 Å². The fourth-order valence-electron chi connectivity index (χ4n) is 1.23. The van der Waals surface area contributed by atoms with Gasteiger partial charge in [-0.15, -0.1) is 0 Å². The molecule has 0 N–H and O–H groups in total. The highest BCUT2D eigenvalue weighted by Gasteiger charge is 2.20. The van der Waals surface area contributed by atoms with Gasteiger partial charge in [0.2, 0.25) is 0 Å². The van der Waals surface area contributed by atoms with E-state index in [0.717, 1.165) is 9.81 Å². The Labute approximate surface area is 113 Å². The van der Waals surface area contributed by atoms with E-state index in [0.29, 0.717) is 12.2 Å². The molecular formula is C12H14Br2O2. The topological polar surface area (TPSA) is 26.3 Å². The van der Waals surface area contributed by atoms with Crippen LogP contribution >= 0.6 is 31.9 Å². The summed E-state index contributed by atoms with van der Waals surface area (Å²) in [6, 6.07) is 0. The summed E-state index contributed by atoms with van der Waals surface area (Å²) in [6.07, 6.45) is 7.75. The predicted molar refractivity (Wildman–Crippen MR) is 72.8 cm³/mol. The van der Waals surface area contributed by atoms with Crippen LogP contribution in [0.2, 0.25) is 0 Å². The Morgan fingerprint density at radius 1 is 1.44 bits per heavy atom. The van der Waals surface area contributed by atoms with Gasteiger partial charge in [-0.3, -0.25) is 0 Å². The Balaban J connectivity index is 2.99. The normalized spacial score (nSPS) is 24.5. The summed E-state index contributed by atoms with van der Waals surface area (Å²) in [7, 11) is 0. The van der Waals surface area contributed by atoms with Crippen molar-refractivity contribution in [3.05, 3.63) is 34.4 Å². The van der Waals surface area contributed by atoms with Crippen molar-refractivity contribution in [1.29, 1.82) is 0 Å². The van der Waals surface area contributed by atoms with Gasteiger partial charge < -0.3 is 4.74 Å². The molecule has 2 nitrogen and oxygen atoms in total. The first-order valence-electron chi connectivity index (χ1n) is 5.04. The van der Waals surface area contributed by atoms with Crippen LogP contribution < -0.4 is 0 Å². The molecule has 0 saturated carbocycles. The minimum absolute atomic E-state index is 0.0761. The van der Waals surface area contributed by atoms with Gasteiger partial charge in [-0.25, -0.2) is 4.79 Å². The number of hydrogen-bond donors (Lipinski definition) is 0. The lowest BCUT2D eigenvalue weighted by atomic mass is 9.93. The molecule has 4 heteroatoms. The SMILES string of the molecule is CCOC(=O)C1=C(Br)C=CC(C)(CBr)C=C1.